The molecule has 2 nitrogen and oxygen atoms in total. The zero-order valence-corrected chi connectivity index (χ0v) is 11.9. The second-order valence-corrected chi connectivity index (χ2v) is 5.05. The van der Waals surface area contributed by atoms with Crippen LogP contribution in [0.4, 0.5) is 0 Å². The lowest BCUT2D eigenvalue weighted by Crippen LogP contribution is -1.93. The molecule has 0 saturated carbocycles. The Balaban J connectivity index is 2.26. The Morgan fingerprint density at radius 3 is 2.21 bits per heavy atom. The lowest BCUT2D eigenvalue weighted by Gasteiger charge is -2.13. The van der Waals surface area contributed by atoms with E-state index in [1.54, 1.807) is 6.92 Å². The number of aliphatic hydroxyl groups is 1. The van der Waals surface area contributed by atoms with Crippen molar-refractivity contribution < 1.29 is 9.84 Å². The van der Waals surface area contributed by atoms with Gasteiger partial charge in [0.15, 0.2) is 0 Å². The van der Waals surface area contributed by atoms with Gasteiger partial charge in [0, 0.05) is 0 Å². The molecule has 2 aromatic rings. The van der Waals surface area contributed by atoms with Crippen LogP contribution in [-0.2, 0) is 0 Å². The minimum Gasteiger partial charge on any atom is -0.457 e. The maximum atomic E-state index is 9.48. The Morgan fingerprint density at radius 2 is 1.63 bits per heavy atom. The second kappa shape index (κ2) is 5.45. The zero-order valence-electron chi connectivity index (χ0n) is 11.9. The van der Waals surface area contributed by atoms with Crippen molar-refractivity contribution in [3.8, 4) is 11.5 Å². The highest BCUT2D eigenvalue weighted by Gasteiger charge is 2.06. The second-order valence-electron chi connectivity index (χ2n) is 5.05. The van der Waals surface area contributed by atoms with E-state index in [4.69, 9.17) is 4.74 Å². The molecule has 0 saturated heterocycles. The summed E-state index contributed by atoms with van der Waals surface area (Å²) in [6.07, 6.45) is -0.447. The minimum absolute atomic E-state index is 0.447. The molecule has 1 atom stereocenters. The van der Waals surface area contributed by atoms with Gasteiger partial charge in [0.25, 0.3) is 0 Å². The van der Waals surface area contributed by atoms with Crippen LogP contribution in [0.15, 0.2) is 36.4 Å². The molecule has 0 aliphatic heterocycles. The smallest absolute Gasteiger partial charge is 0.130 e. The monoisotopic (exact) mass is 256 g/mol. The van der Waals surface area contributed by atoms with Crippen molar-refractivity contribution in [1.29, 1.82) is 0 Å². The van der Waals surface area contributed by atoms with Gasteiger partial charge in [0.1, 0.15) is 11.5 Å². The van der Waals surface area contributed by atoms with Crippen molar-refractivity contribution >= 4 is 0 Å². The van der Waals surface area contributed by atoms with Gasteiger partial charge in [-0.05, 0) is 68.1 Å². The molecule has 0 aliphatic rings. The number of hydrogen-bond donors (Lipinski definition) is 1. The van der Waals surface area contributed by atoms with Crippen molar-refractivity contribution in [3.63, 3.8) is 0 Å². The Kier molecular flexibility index (Phi) is 3.91. The molecular formula is C17H20O2. The average Bonchev–Trinajstić information content (AvgIpc) is 2.36. The largest absolute Gasteiger partial charge is 0.457 e. The summed E-state index contributed by atoms with van der Waals surface area (Å²) in [5, 5.41) is 9.48. The third kappa shape index (κ3) is 3.15. The van der Waals surface area contributed by atoms with Crippen molar-refractivity contribution in [2.45, 2.75) is 33.8 Å². The highest BCUT2D eigenvalue weighted by atomic mass is 16.5. The van der Waals surface area contributed by atoms with Crippen LogP contribution in [0.2, 0.25) is 0 Å². The molecule has 19 heavy (non-hydrogen) atoms. The van der Waals surface area contributed by atoms with Crippen LogP contribution >= 0.6 is 0 Å². The molecular weight excluding hydrogens is 236 g/mol. The zero-order chi connectivity index (χ0) is 14.0. The molecule has 0 spiro atoms. The van der Waals surface area contributed by atoms with E-state index in [0.717, 1.165) is 22.6 Å². The fourth-order valence-electron chi connectivity index (χ4n) is 2.05. The SMILES string of the molecule is Cc1cc(C)c(C)c(Oc2ccc([C@H](C)O)cc2)c1. The van der Waals surface area contributed by atoms with Gasteiger partial charge in [-0.15, -0.1) is 0 Å². The summed E-state index contributed by atoms with van der Waals surface area (Å²) < 4.78 is 5.92. The predicted molar refractivity (Wildman–Crippen MR) is 77.8 cm³/mol. The van der Waals surface area contributed by atoms with Gasteiger partial charge in [-0.2, -0.15) is 0 Å². The molecule has 0 aliphatic carbocycles. The molecule has 0 heterocycles. The van der Waals surface area contributed by atoms with Crippen molar-refractivity contribution in [2.75, 3.05) is 0 Å². The standard InChI is InChI=1S/C17H20O2/c1-11-9-12(2)13(3)17(10-11)19-16-7-5-15(6-8-16)14(4)18/h5-10,14,18H,1-4H3/t14-/m0/s1. The first kappa shape index (κ1) is 13.6. The van der Waals surface area contributed by atoms with E-state index in [9.17, 15) is 5.11 Å². The minimum atomic E-state index is -0.447. The van der Waals surface area contributed by atoms with Crippen LogP contribution in [0.25, 0.3) is 0 Å². The molecule has 2 aromatic carbocycles. The van der Waals surface area contributed by atoms with Crippen molar-refractivity contribution in [2.24, 2.45) is 0 Å². The summed E-state index contributed by atoms with van der Waals surface area (Å²) in [4.78, 5) is 0. The highest BCUT2D eigenvalue weighted by molar-refractivity contribution is 5.44. The lowest BCUT2D eigenvalue weighted by atomic mass is 10.1. The summed E-state index contributed by atoms with van der Waals surface area (Å²) in [6, 6.07) is 11.7. The molecule has 0 unspecified atom stereocenters. The summed E-state index contributed by atoms with van der Waals surface area (Å²) in [5.74, 6) is 1.68. The molecule has 2 heteroatoms. The Hall–Kier alpha value is -1.80. The van der Waals surface area contributed by atoms with Crippen LogP contribution in [0.5, 0.6) is 11.5 Å². The first-order valence-corrected chi connectivity index (χ1v) is 6.51. The van der Waals surface area contributed by atoms with Gasteiger partial charge in [-0.25, -0.2) is 0 Å². The number of benzene rings is 2. The van der Waals surface area contributed by atoms with Gasteiger partial charge in [0.2, 0.25) is 0 Å². The van der Waals surface area contributed by atoms with E-state index in [1.165, 1.54) is 11.1 Å². The van der Waals surface area contributed by atoms with Crippen molar-refractivity contribution in [1.82, 2.24) is 0 Å². The van der Waals surface area contributed by atoms with E-state index >= 15 is 0 Å². The first-order valence-electron chi connectivity index (χ1n) is 6.51. The maximum Gasteiger partial charge on any atom is 0.130 e. The van der Waals surface area contributed by atoms with E-state index in [0.29, 0.717) is 0 Å². The van der Waals surface area contributed by atoms with Crippen LogP contribution in [0.1, 0.15) is 35.3 Å². The third-order valence-electron chi connectivity index (χ3n) is 3.35. The summed E-state index contributed by atoms with van der Waals surface area (Å²) in [6.45, 7) is 7.97. The molecule has 0 amide bonds. The quantitative estimate of drug-likeness (QED) is 0.878. The van der Waals surface area contributed by atoms with Gasteiger partial charge in [-0.3, -0.25) is 0 Å². The number of aryl methyl sites for hydroxylation is 2. The van der Waals surface area contributed by atoms with E-state index in [2.05, 4.69) is 26.8 Å². The Labute approximate surface area is 114 Å². The van der Waals surface area contributed by atoms with Gasteiger partial charge < -0.3 is 9.84 Å². The van der Waals surface area contributed by atoms with E-state index < -0.39 is 6.10 Å². The van der Waals surface area contributed by atoms with Gasteiger partial charge >= 0.3 is 0 Å². The van der Waals surface area contributed by atoms with Crippen molar-refractivity contribution in [3.05, 3.63) is 58.7 Å². The normalized spacial score (nSPS) is 12.3. The molecule has 2 rings (SSSR count). The molecule has 0 fully saturated rings. The van der Waals surface area contributed by atoms with Crippen LogP contribution in [-0.4, -0.2) is 5.11 Å². The van der Waals surface area contributed by atoms with Gasteiger partial charge in [-0.1, -0.05) is 18.2 Å². The number of rotatable bonds is 3. The highest BCUT2D eigenvalue weighted by Crippen LogP contribution is 2.29. The number of ether oxygens (including phenoxy) is 1. The first-order chi connectivity index (χ1) is 8.97. The summed E-state index contributed by atoms with van der Waals surface area (Å²) in [7, 11) is 0. The average molecular weight is 256 g/mol. The predicted octanol–water partition coefficient (Wildman–Crippen LogP) is 4.46. The fourth-order valence-corrected chi connectivity index (χ4v) is 2.05. The Bertz CT molecular complexity index is 569. The molecule has 0 radical (unpaired) electrons. The Morgan fingerprint density at radius 1 is 1.00 bits per heavy atom. The molecule has 1 N–H and O–H groups in total. The van der Waals surface area contributed by atoms with Crippen LogP contribution in [0, 0.1) is 20.8 Å². The maximum absolute atomic E-state index is 9.48. The summed E-state index contributed by atoms with van der Waals surface area (Å²) in [5.41, 5.74) is 4.48. The number of hydrogen-bond acceptors (Lipinski definition) is 2. The number of aliphatic hydroxyl groups excluding tert-OH is 1. The summed E-state index contributed by atoms with van der Waals surface area (Å²) >= 11 is 0. The molecule has 100 valence electrons. The molecule has 0 bridgehead atoms. The van der Waals surface area contributed by atoms with Crippen LogP contribution < -0.4 is 4.74 Å². The lowest BCUT2D eigenvalue weighted by molar-refractivity contribution is 0.199. The molecule has 0 aromatic heterocycles. The van der Waals surface area contributed by atoms with E-state index in [-0.39, 0.29) is 0 Å². The topological polar surface area (TPSA) is 29.5 Å². The fraction of sp³-hybridized carbons (Fsp3) is 0.294. The van der Waals surface area contributed by atoms with Gasteiger partial charge in [0.05, 0.1) is 6.10 Å². The van der Waals surface area contributed by atoms with Crippen LogP contribution in [0.3, 0.4) is 0 Å². The third-order valence-corrected chi connectivity index (χ3v) is 3.35. The van der Waals surface area contributed by atoms with E-state index in [1.807, 2.05) is 30.3 Å².